The number of anilines is 2. The molecule has 0 unspecified atom stereocenters. The Morgan fingerprint density at radius 3 is 1.72 bits per heavy atom. The van der Waals surface area contributed by atoms with Gasteiger partial charge >= 0.3 is 0 Å². The van der Waals surface area contributed by atoms with Crippen molar-refractivity contribution >= 4 is 23.2 Å². The zero-order valence-electron chi connectivity index (χ0n) is 14.2. The van der Waals surface area contributed by atoms with E-state index in [4.69, 9.17) is 4.74 Å². The minimum absolute atomic E-state index is 0.174. The smallest absolute Gasteiger partial charge is 0.255 e. The van der Waals surface area contributed by atoms with Crippen LogP contribution in [0.3, 0.4) is 0 Å². The van der Waals surface area contributed by atoms with Gasteiger partial charge in [-0.15, -0.1) is 0 Å². The summed E-state index contributed by atoms with van der Waals surface area (Å²) in [7, 11) is 3.36. The summed E-state index contributed by atoms with van der Waals surface area (Å²) in [5.74, 6) is -0.348. The summed E-state index contributed by atoms with van der Waals surface area (Å²) in [5.41, 5.74) is 1.39. The Labute approximate surface area is 146 Å². The van der Waals surface area contributed by atoms with Crippen LogP contribution in [0.15, 0.2) is 49.1 Å². The van der Waals surface area contributed by atoms with Crippen molar-refractivity contribution in [3.05, 3.63) is 49.1 Å². The number of ether oxygens (including phenoxy) is 1. The number of carbonyl (C=O) groups is 2. The maximum absolute atomic E-state index is 12.6. The number of hydrogen-bond donors (Lipinski definition) is 0. The molecule has 1 aliphatic heterocycles. The predicted octanol–water partition coefficient (Wildman–Crippen LogP) is 1.65. The van der Waals surface area contributed by atoms with E-state index in [-0.39, 0.29) is 11.8 Å². The Bertz CT molecular complexity index is 675. The molecule has 1 aliphatic rings. The highest BCUT2D eigenvalue weighted by Crippen LogP contribution is 2.25. The summed E-state index contributed by atoms with van der Waals surface area (Å²) in [6.45, 7) is 0. The first-order valence-corrected chi connectivity index (χ1v) is 8.08. The minimum atomic E-state index is -0.624. The van der Waals surface area contributed by atoms with E-state index in [2.05, 4.69) is 9.97 Å². The van der Waals surface area contributed by atoms with Gasteiger partial charge in [0.1, 0.15) is 12.2 Å². The van der Waals surface area contributed by atoms with Crippen molar-refractivity contribution in [2.24, 2.45) is 0 Å². The summed E-state index contributed by atoms with van der Waals surface area (Å²) >= 11 is 0. The van der Waals surface area contributed by atoms with Crippen LogP contribution in [-0.2, 0) is 14.3 Å². The van der Waals surface area contributed by atoms with E-state index in [1.165, 1.54) is 9.80 Å². The number of amides is 2. The molecule has 0 aliphatic carbocycles. The molecule has 1 fully saturated rings. The van der Waals surface area contributed by atoms with E-state index in [0.717, 1.165) is 0 Å². The Morgan fingerprint density at radius 1 is 0.920 bits per heavy atom. The fourth-order valence-electron chi connectivity index (χ4n) is 2.79. The highest BCUT2D eigenvalue weighted by Gasteiger charge is 2.37. The van der Waals surface area contributed by atoms with Gasteiger partial charge in [-0.2, -0.15) is 0 Å². The van der Waals surface area contributed by atoms with Crippen molar-refractivity contribution in [3.8, 4) is 0 Å². The van der Waals surface area contributed by atoms with Crippen LogP contribution >= 0.6 is 0 Å². The largest absolute Gasteiger partial charge is 0.355 e. The highest BCUT2D eigenvalue weighted by atomic mass is 16.5. The lowest BCUT2D eigenvalue weighted by atomic mass is 10.1. The molecule has 2 aromatic heterocycles. The summed E-state index contributed by atoms with van der Waals surface area (Å²) < 4.78 is 5.75. The molecule has 7 heteroatoms. The molecule has 2 atom stereocenters. The van der Waals surface area contributed by atoms with Gasteiger partial charge < -0.3 is 14.5 Å². The molecular weight excluding hydrogens is 320 g/mol. The van der Waals surface area contributed by atoms with E-state index >= 15 is 0 Å². The van der Waals surface area contributed by atoms with Crippen molar-refractivity contribution in [2.75, 3.05) is 23.9 Å². The molecule has 3 rings (SSSR count). The first-order valence-electron chi connectivity index (χ1n) is 8.08. The predicted molar refractivity (Wildman–Crippen MR) is 93.2 cm³/mol. The summed E-state index contributed by atoms with van der Waals surface area (Å²) in [6, 6.07) is 7.14. The van der Waals surface area contributed by atoms with Crippen LogP contribution in [0.2, 0.25) is 0 Å². The van der Waals surface area contributed by atoms with E-state index in [1.54, 1.807) is 63.1 Å². The number of carbonyl (C=O) groups excluding carboxylic acids is 2. The van der Waals surface area contributed by atoms with Gasteiger partial charge in [-0.25, -0.2) is 0 Å². The number of nitrogens with zero attached hydrogens (tertiary/aromatic N) is 4. The maximum Gasteiger partial charge on any atom is 0.255 e. The molecule has 0 spiro atoms. The fraction of sp³-hybridized carbons (Fsp3) is 0.333. The number of likely N-dealkylation sites (N-methyl/N-ethyl adjacent to an activating group) is 2. The molecule has 0 aromatic carbocycles. The molecule has 7 nitrogen and oxygen atoms in total. The topological polar surface area (TPSA) is 75.6 Å². The van der Waals surface area contributed by atoms with Crippen molar-refractivity contribution in [3.63, 3.8) is 0 Å². The number of aromatic nitrogens is 2. The molecule has 0 radical (unpaired) electrons. The van der Waals surface area contributed by atoms with E-state index < -0.39 is 12.2 Å². The SMILES string of the molecule is CN(C(=O)[C@@H]1CC[C@H](C(=O)N(C)c2cccnc2)O1)c1cccnc1. The van der Waals surface area contributed by atoms with Crippen LogP contribution in [0.5, 0.6) is 0 Å². The normalized spacial score (nSPS) is 19.4. The Kier molecular flexibility index (Phi) is 5.04. The van der Waals surface area contributed by atoms with Crippen molar-refractivity contribution in [1.82, 2.24) is 9.97 Å². The van der Waals surface area contributed by atoms with Gasteiger partial charge in [-0.1, -0.05) is 0 Å². The second kappa shape index (κ2) is 7.40. The second-order valence-corrected chi connectivity index (χ2v) is 5.91. The van der Waals surface area contributed by atoms with E-state index in [9.17, 15) is 9.59 Å². The Hall–Kier alpha value is -2.80. The van der Waals surface area contributed by atoms with Crippen LogP contribution < -0.4 is 9.80 Å². The molecule has 2 amide bonds. The standard InChI is InChI=1S/C18H20N4O3/c1-21(13-5-3-9-19-11-13)17(23)15-7-8-16(25-15)18(24)22(2)14-6-4-10-20-12-14/h3-6,9-12,15-16H,7-8H2,1-2H3/t15-,16+. The first-order chi connectivity index (χ1) is 12.1. The molecule has 2 aromatic rings. The van der Waals surface area contributed by atoms with Crippen molar-refractivity contribution in [2.45, 2.75) is 25.0 Å². The van der Waals surface area contributed by atoms with E-state index in [1.807, 2.05) is 0 Å². The zero-order chi connectivity index (χ0) is 17.8. The van der Waals surface area contributed by atoms with Gasteiger partial charge in [0.05, 0.1) is 23.8 Å². The van der Waals surface area contributed by atoms with Gasteiger partial charge in [0.2, 0.25) is 0 Å². The summed E-state index contributed by atoms with van der Waals surface area (Å²) in [4.78, 5) is 36.2. The van der Waals surface area contributed by atoms with Crippen LogP contribution in [0.1, 0.15) is 12.8 Å². The number of rotatable bonds is 4. The van der Waals surface area contributed by atoms with Crippen molar-refractivity contribution in [1.29, 1.82) is 0 Å². The lowest BCUT2D eigenvalue weighted by molar-refractivity contribution is -0.135. The number of hydrogen-bond acceptors (Lipinski definition) is 5. The molecule has 25 heavy (non-hydrogen) atoms. The van der Waals surface area contributed by atoms with E-state index in [0.29, 0.717) is 24.2 Å². The van der Waals surface area contributed by atoms with Crippen molar-refractivity contribution < 1.29 is 14.3 Å². The Morgan fingerprint density at radius 2 is 1.36 bits per heavy atom. The van der Waals surface area contributed by atoms with Gasteiger partial charge in [0.25, 0.3) is 11.8 Å². The molecule has 1 saturated heterocycles. The molecule has 3 heterocycles. The molecule has 0 N–H and O–H groups in total. The molecule has 0 bridgehead atoms. The average Bonchev–Trinajstić information content (AvgIpc) is 3.17. The third-order valence-corrected chi connectivity index (χ3v) is 4.30. The lowest BCUT2D eigenvalue weighted by Gasteiger charge is -2.23. The fourth-order valence-corrected chi connectivity index (χ4v) is 2.79. The summed E-state index contributed by atoms with van der Waals surface area (Å²) in [6.07, 6.45) is 6.31. The van der Waals surface area contributed by atoms with Gasteiger partial charge in [0.15, 0.2) is 0 Å². The van der Waals surface area contributed by atoms with Gasteiger partial charge in [0, 0.05) is 26.5 Å². The van der Waals surface area contributed by atoms with Crippen LogP contribution in [0, 0.1) is 0 Å². The van der Waals surface area contributed by atoms with Crippen LogP contribution in [0.25, 0.3) is 0 Å². The van der Waals surface area contributed by atoms with Gasteiger partial charge in [-0.05, 0) is 37.1 Å². The quantitative estimate of drug-likeness (QED) is 0.846. The second-order valence-electron chi connectivity index (χ2n) is 5.91. The van der Waals surface area contributed by atoms with Gasteiger partial charge in [-0.3, -0.25) is 19.6 Å². The summed E-state index contributed by atoms with van der Waals surface area (Å²) in [5, 5.41) is 0. The van der Waals surface area contributed by atoms with Crippen LogP contribution in [-0.4, -0.2) is 48.1 Å². The third-order valence-electron chi connectivity index (χ3n) is 4.30. The maximum atomic E-state index is 12.6. The monoisotopic (exact) mass is 340 g/mol. The average molecular weight is 340 g/mol. The molecule has 0 saturated carbocycles. The lowest BCUT2D eigenvalue weighted by Crippen LogP contribution is -2.40. The Balaban J connectivity index is 1.63. The third kappa shape index (κ3) is 3.66. The minimum Gasteiger partial charge on any atom is -0.355 e. The first kappa shape index (κ1) is 17.0. The molecule has 130 valence electrons. The highest BCUT2D eigenvalue weighted by molar-refractivity contribution is 5.99. The zero-order valence-corrected chi connectivity index (χ0v) is 14.2. The molecular formula is C18H20N4O3. The van der Waals surface area contributed by atoms with Crippen LogP contribution in [0.4, 0.5) is 11.4 Å². The number of pyridine rings is 2.